The number of halogens is 2. The van der Waals surface area contributed by atoms with Crippen molar-refractivity contribution in [1.82, 2.24) is 10.1 Å². The third-order valence-electron chi connectivity index (χ3n) is 4.28. The van der Waals surface area contributed by atoms with Crippen molar-refractivity contribution in [1.29, 1.82) is 0 Å². The number of rotatable bonds is 4. The molecule has 1 aliphatic carbocycles. The Hall–Kier alpha value is -2.50. The number of hydrogen-bond acceptors (Lipinski definition) is 4. The van der Waals surface area contributed by atoms with Gasteiger partial charge < -0.3 is 8.94 Å². The molecular formula is C17H14F2N2O2. The lowest BCUT2D eigenvalue weighted by Gasteiger charge is -2.01. The molecule has 3 atom stereocenters. The molecule has 6 heteroatoms. The quantitative estimate of drug-likeness (QED) is 0.717. The lowest BCUT2D eigenvalue weighted by atomic mass is 10.1. The third kappa shape index (κ3) is 2.54. The molecule has 0 amide bonds. The van der Waals surface area contributed by atoms with Gasteiger partial charge in [0.15, 0.2) is 5.82 Å². The molecular weight excluding hydrogens is 302 g/mol. The molecule has 1 fully saturated rings. The van der Waals surface area contributed by atoms with Crippen molar-refractivity contribution in [3.63, 3.8) is 0 Å². The van der Waals surface area contributed by atoms with Crippen LogP contribution < -0.4 is 0 Å². The summed E-state index contributed by atoms with van der Waals surface area (Å²) in [5.41, 5.74) is 0.496. The van der Waals surface area contributed by atoms with Crippen molar-refractivity contribution >= 4 is 0 Å². The van der Waals surface area contributed by atoms with Crippen LogP contribution >= 0.6 is 0 Å². The standard InChI is InChI=1S/C17H14F2N2O2/c1-9(15-3-2-6-22-15)16-20-17(23-21-16)13-8-12(13)11-5-4-10(18)7-14(11)19/h2-7,9,12-13H,8H2,1H3/t9?,12-,13+/m0/s1. The van der Waals surface area contributed by atoms with Crippen LogP contribution in [-0.4, -0.2) is 10.1 Å². The van der Waals surface area contributed by atoms with Crippen LogP contribution in [0.2, 0.25) is 0 Å². The van der Waals surface area contributed by atoms with Gasteiger partial charge in [-0.25, -0.2) is 8.78 Å². The fraction of sp³-hybridized carbons (Fsp3) is 0.294. The highest BCUT2D eigenvalue weighted by atomic mass is 19.1. The zero-order valence-corrected chi connectivity index (χ0v) is 12.4. The highest BCUT2D eigenvalue weighted by molar-refractivity contribution is 5.32. The van der Waals surface area contributed by atoms with Gasteiger partial charge in [0.1, 0.15) is 17.4 Å². The predicted molar refractivity (Wildman–Crippen MR) is 77.0 cm³/mol. The van der Waals surface area contributed by atoms with E-state index in [0.29, 0.717) is 17.3 Å². The molecule has 0 N–H and O–H groups in total. The molecule has 2 aromatic heterocycles. The van der Waals surface area contributed by atoms with E-state index in [9.17, 15) is 8.78 Å². The Morgan fingerprint density at radius 1 is 1.22 bits per heavy atom. The Kier molecular flexibility index (Phi) is 3.25. The van der Waals surface area contributed by atoms with Gasteiger partial charge in [-0.2, -0.15) is 4.98 Å². The normalized spacial score (nSPS) is 21.3. The van der Waals surface area contributed by atoms with E-state index in [1.54, 1.807) is 12.3 Å². The van der Waals surface area contributed by atoms with Crippen LogP contribution in [0, 0.1) is 11.6 Å². The van der Waals surface area contributed by atoms with Gasteiger partial charge in [-0.3, -0.25) is 0 Å². The van der Waals surface area contributed by atoms with E-state index < -0.39 is 11.6 Å². The SMILES string of the molecule is CC(c1noc([C@@H]2C[C@H]2c2ccc(F)cc2F)n1)c1ccco1. The molecule has 1 aromatic carbocycles. The van der Waals surface area contributed by atoms with Gasteiger partial charge in [-0.15, -0.1) is 0 Å². The fourth-order valence-corrected chi connectivity index (χ4v) is 2.85. The zero-order valence-electron chi connectivity index (χ0n) is 12.4. The summed E-state index contributed by atoms with van der Waals surface area (Å²) in [6.07, 6.45) is 2.32. The molecule has 0 bridgehead atoms. The lowest BCUT2D eigenvalue weighted by Crippen LogP contribution is -1.97. The number of aromatic nitrogens is 2. The lowest BCUT2D eigenvalue weighted by molar-refractivity contribution is 0.369. The van der Waals surface area contributed by atoms with Crippen LogP contribution in [0.25, 0.3) is 0 Å². The number of hydrogen-bond donors (Lipinski definition) is 0. The number of benzene rings is 1. The first-order chi connectivity index (χ1) is 11.1. The number of nitrogens with zero attached hydrogens (tertiary/aromatic N) is 2. The van der Waals surface area contributed by atoms with Gasteiger partial charge in [-0.05, 0) is 43.0 Å². The van der Waals surface area contributed by atoms with E-state index in [0.717, 1.165) is 18.2 Å². The van der Waals surface area contributed by atoms with Crippen LogP contribution in [0.3, 0.4) is 0 Å². The number of furan rings is 1. The van der Waals surface area contributed by atoms with Gasteiger partial charge in [0.05, 0.1) is 12.2 Å². The molecule has 0 radical (unpaired) electrons. The molecule has 4 rings (SSSR count). The van der Waals surface area contributed by atoms with Gasteiger partial charge in [0.25, 0.3) is 0 Å². The second kappa shape index (κ2) is 5.30. The first-order valence-electron chi connectivity index (χ1n) is 7.45. The van der Waals surface area contributed by atoms with E-state index >= 15 is 0 Å². The van der Waals surface area contributed by atoms with Crippen molar-refractivity contribution in [2.24, 2.45) is 0 Å². The maximum absolute atomic E-state index is 13.8. The molecule has 2 heterocycles. The molecule has 1 saturated carbocycles. The minimum absolute atomic E-state index is 0.0139. The van der Waals surface area contributed by atoms with Crippen molar-refractivity contribution in [3.05, 3.63) is 71.3 Å². The minimum Gasteiger partial charge on any atom is -0.469 e. The summed E-state index contributed by atoms with van der Waals surface area (Å²) in [4.78, 5) is 4.42. The van der Waals surface area contributed by atoms with E-state index in [-0.39, 0.29) is 17.8 Å². The van der Waals surface area contributed by atoms with Crippen LogP contribution in [0.15, 0.2) is 45.5 Å². The van der Waals surface area contributed by atoms with E-state index in [1.165, 1.54) is 12.1 Å². The maximum Gasteiger partial charge on any atom is 0.230 e. The van der Waals surface area contributed by atoms with Gasteiger partial charge >= 0.3 is 0 Å². The summed E-state index contributed by atoms with van der Waals surface area (Å²) in [5, 5.41) is 4.00. The molecule has 1 aliphatic rings. The van der Waals surface area contributed by atoms with Crippen molar-refractivity contribution in [2.45, 2.75) is 31.1 Å². The molecule has 0 saturated heterocycles. The minimum atomic E-state index is -0.573. The first kappa shape index (κ1) is 14.1. The topological polar surface area (TPSA) is 52.1 Å². The van der Waals surface area contributed by atoms with Crippen LogP contribution in [0.1, 0.15) is 54.1 Å². The Labute approximate surface area is 131 Å². The van der Waals surface area contributed by atoms with E-state index in [4.69, 9.17) is 8.94 Å². The fourth-order valence-electron chi connectivity index (χ4n) is 2.85. The summed E-state index contributed by atoms with van der Waals surface area (Å²) in [7, 11) is 0. The van der Waals surface area contributed by atoms with E-state index in [2.05, 4.69) is 10.1 Å². The Balaban J connectivity index is 1.52. The Morgan fingerprint density at radius 3 is 2.83 bits per heavy atom. The Bertz CT molecular complexity index is 829. The summed E-state index contributed by atoms with van der Waals surface area (Å²) in [6, 6.07) is 7.32. The highest BCUT2D eigenvalue weighted by Crippen LogP contribution is 2.54. The second-order valence-electron chi connectivity index (χ2n) is 5.84. The average Bonchev–Trinajstić information content (AvgIpc) is 2.97. The van der Waals surface area contributed by atoms with Crippen LogP contribution in [0.4, 0.5) is 8.78 Å². The smallest absolute Gasteiger partial charge is 0.230 e. The third-order valence-corrected chi connectivity index (χ3v) is 4.28. The van der Waals surface area contributed by atoms with Gasteiger partial charge in [-0.1, -0.05) is 11.2 Å². The molecule has 4 nitrogen and oxygen atoms in total. The van der Waals surface area contributed by atoms with E-state index in [1.807, 2.05) is 13.0 Å². The molecule has 1 unspecified atom stereocenters. The summed E-state index contributed by atoms with van der Waals surface area (Å²) in [6.45, 7) is 1.93. The van der Waals surface area contributed by atoms with Crippen molar-refractivity contribution in [2.75, 3.05) is 0 Å². The highest BCUT2D eigenvalue weighted by Gasteiger charge is 2.45. The molecule has 23 heavy (non-hydrogen) atoms. The van der Waals surface area contributed by atoms with Crippen molar-refractivity contribution < 1.29 is 17.7 Å². The molecule has 3 aromatic rings. The average molecular weight is 316 g/mol. The van der Waals surface area contributed by atoms with Gasteiger partial charge in [0, 0.05) is 12.0 Å². The zero-order chi connectivity index (χ0) is 16.0. The predicted octanol–water partition coefficient (Wildman–Crippen LogP) is 4.36. The van der Waals surface area contributed by atoms with Crippen molar-refractivity contribution in [3.8, 4) is 0 Å². The summed E-state index contributed by atoms with van der Waals surface area (Å²) < 4.78 is 37.5. The Morgan fingerprint density at radius 2 is 2.09 bits per heavy atom. The largest absolute Gasteiger partial charge is 0.469 e. The monoisotopic (exact) mass is 316 g/mol. The summed E-state index contributed by atoms with van der Waals surface area (Å²) in [5.74, 6) is 0.531. The molecule has 0 aliphatic heterocycles. The second-order valence-corrected chi connectivity index (χ2v) is 5.84. The maximum atomic E-state index is 13.8. The first-order valence-corrected chi connectivity index (χ1v) is 7.45. The summed E-state index contributed by atoms with van der Waals surface area (Å²) >= 11 is 0. The molecule has 118 valence electrons. The molecule has 0 spiro atoms. The van der Waals surface area contributed by atoms with Crippen LogP contribution in [-0.2, 0) is 0 Å². The van der Waals surface area contributed by atoms with Gasteiger partial charge in [0.2, 0.25) is 5.89 Å². The van der Waals surface area contributed by atoms with Crippen LogP contribution in [0.5, 0.6) is 0 Å².